The number of fused-ring (bicyclic) bond motifs is 1. The van der Waals surface area contributed by atoms with E-state index in [0.717, 1.165) is 34.8 Å². The summed E-state index contributed by atoms with van der Waals surface area (Å²) in [6, 6.07) is 13.2. The smallest absolute Gasteiger partial charge is 0.240 e. The van der Waals surface area contributed by atoms with Gasteiger partial charge in [0.2, 0.25) is 5.91 Å². The fourth-order valence-corrected chi connectivity index (χ4v) is 3.31. The first-order chi connectivity index (χ1) is 12.7. The fourth-order valence-electron chi connectivity index (χ4n) is 3.31. The number of benzene rings is 1. The molecule has 6 heteroatoms. The van der Waals surface area contributed by atoms with Gasteiger partial charge in [0, 0.05) is 30.9 Å². The molecule has 0 saturated carbocycles. The van der Waals surface area contributed by atoms with Crippen molar-refractivity contribution in [2.75, 3.05) is 6.54 Å². The number of aromatic amines is 1. The Kier molecular flexibility index (Phi) is 4.50. The van der Waals surface area contributed by atoms with Crippen LogP contribution in [-0.4, -0.2) is 38.3 Å². The first-order valence-electron chi connectivity index (χ1n) is 8.77. The Balaban J connectivity index is 1.46. The van der Waals surface area contributed by atoms with E-state index in [9.17, 15) is 4.79 Å². The number of pyridine rings is 1. The molecule has 1 atom stereocenters. The van der Waals surface area contributed by atoms with Gasteiger partial charge in [-0.25, -0.2) is 4.98 Å². The van der Waals surface area contributed by atoms with Crippen LogP contribution in [0, 0.1) is 0 Å². The van der Waals surface area contributed by atoms with Gasteiger partial charge in [-0.2, -0.15) is 0 Å². The summed E-state index contributed by atoms with van der Waals surface area (Å²) in [4.78, 5) is 26.7. The number of hydrogen-bond acceptors (Lipinski definition) is 4. The molecule has 0 aliphatic carbocycles. The van der Waals surface area contributed by atoms with Gasteiger partial charge in [-0.15, -0.1) is 0 Å². The molecule has 0 fully saturated rings. The number of carbonyl (C=O) groups is 1. The number of nitrogens with zero attached hydrogens (tertiary/aromatic N) is 3. The maximum Gasteiger partial charge on any atom is 0.240 e. The highest BCUT2D eigenvalue weighted by molar-refractivity contribution is 5.82. The minimum Gasteiger partial charge on any atom is -0.340 e. The fraction of sp³-hybridized carbons (Fsp3) is 0.250. The average Bonchev–Trinajstić information content (AvgIpc) is 3.12. The second kappa shape index (κ2) is 7.09. The molecule has 26 heavy (non-hydrogen) atoms. The summed E-state index contributed by atoms with van der Waals surface area (Å²) < 4.78 is 0. The van der Waals surface area contributed by atoms with E-state index < -0.39 is 6.04 Å². The van der Waals surface area contributed by atoms with Crippen molar-refractivity contribution in [1.29, 1.82) is 0 Å². The first-order valence-corrected chi connectivity index (χ1v) is 8.77. The molecule has 0 bridgehead atoms. The minimum atomic E-state index is -0.528. The molecule has 3 aromatic rings. The topological polar surface area (TPSA) is 87.9 Å². The molecule has 132 valence electrons. The van der Waals surface area contributed by atoms with Crippen molar-refractivity contribution in [3.05, 3.63) is 71.8 Å². The van der Waals surface area contributed by atoms with Crippen LogP contribution in [0.5, 0.6) is 0 Å². The molecule has 1 aliphatic rings. The van der Waals surface area contributed by atoms with Crippen molar-refractivity contribution >= 4 is 5.91 Å². The highest BCUT2D eigenvalue weighted by Crippen LogP contribution is 2.22. The summed E-state index contributed by atoms with van der Waals surface area (Å²) in [5.74, 6) is 0.781. The number of imidazole rings is 1. The van der Waals surface area contributed by atoms with E-state index in [1.54, 1.807) is 12.4 Å². The predicted octanol–water partition coefficient (Wildman–Crippen LogP) is 1.93. The van der Waals surface area contributed by atoms with Crippen LogP contribution < -0.4 is 5.73 Å². The summed E-state index contributed by atoms with van der Waals surface area (Å²) in [7, 11) is 0. The summed E-state index contributed by atoms with van der Waals surface area (Å²) in [5, 5.41) is 0. The molecule has 1 aromatic carbocycles. The number of nitrogens with two attached hydrogens (primary N) is 1. The zero-order valence-electron chi connectivity index (χ0n) is 14.4. The molecule has 0 unspecified atom stereocenters. The van der Waals surface area contributed by atoms with Crippen molar-refractivity contribution < 1.29 is 4.79 Å². The number of aromatic nitrogens is 3. The lowest BCUT2D eigenvalue weighted by molar-refractivity contribution is -0.133. The normalized spacial score (nSPS) is 14.7. The third-order valence-corrected chi connectivity index (χ3v) is 4.69. The quantitative estimate of drug-likeness (QED) is 0.755. The molecule has 3 N–H and O–H groups in total. The van der Waals surface area contributed by atoms with Crippen LogP contribution in [-0.2, 0) is 24.2 Å². The molecule has 2 aromatic heterocycles. The van der Waals surface area contributed by atoms with Crippen molar-refractivity contribution in [3.63, 3.8) is 0 Å². The number of amides is 1. The van der Waals surface area contributed by atoms with Crippen molar-refractivity contribution in [1.82, 2.24) is 19.9 Å². The summed E-state index contributed by atoms with van der Waals surface area (Å²) in [6.45, 7) is 1.16. The standard InChI is InChI=1S/C20H21N5O/c21-16(11-14-5-2-1-3-6-14)20(26)25-10-8-17-18(13-25)24-19(23-17)15-7-4-9-22-12-15/h1-7,9,12,16H,8,10-11,13,21H2,(H,23,24)/t16-/m0/s1. The molecule has 1 aliphatic heterocycles. The summed E-state index contributed by atoms with van der Waals surface area (Å²) in [6.07, 6.45) is 4.80. The number of H-pyrrole nitrogens is 1. The maximum absolute atomic E-state index is 12.7. The second-order valence-corrected chi connectivity index (χ2v) is 6.56. The highest BCUT2D eigenvalue weighted by Gasteiger charge is 2.27. The zero-order chi connectivity index (χ0) is 17.9. The largest absolute Gasteiger partial charge is 0.340 e. The van der Waals surface area contributed by atoms with Gasteiger partial charge >= 0.3 is 0 Å². The number of carbonyl (C=O) groups excluding carboxylic acids is 1. The van der Waals surface area contributed by atoms with Crippen LogP contribution in [0.25, 0.3) is 11.4 Å². The summed E-state index contributed by atoms with van der Waals surface area (Å²) >= 11 is 0. The van der Waals surface area contributed by atoms with Crippen LogP contribution >= 0.6 is 0 Å². The monoisotopic (exact) mass is 347 g/mol. The van der Waals surface area contributed by atoms with Gasteiger partial charge in [-0.1, -0.05) is 30.3 Å². The van der Waals surface area contributed by atoms with Gasteiger partial charge < -0.3 is 15.6 Å². The van der Waals surface area contributed by atoms with Crippen molar-refractivity contribution in [3.8, 4) is 11.4 Å². The zero-order valence-corrected chi connectivity index (χ0v) is 14.4. The second-order valence-electron chi connectivity index (χ2n) is 6.56. The Bertz CT molecular complexity index is 891. The lowest BCUT2D eigenvalue weighted by atomic mass is 10.0. The number of rotatable bonds is 4. The predicted molar refractivity (Wildman–Crippen MR) is 99.1 cm³/mol. The minimum absolute atomic E-state index is 0.0166. The number of nitrogens with one attached hydrogen (secondary N) is 1. The van der Waals surface area contributed by atoms with Crippen LogP contribution in [0.2, 0.25) is 0 Å². The van der Waals surface area contributed by atoms with Gasteiger partial charge in [0.1, 0.15) is 5.82 Å². The molecule has 4 rings (SSSR count). The number of hydrogen-bond donors (Lipinski definition) is 2. The highest BCUT2D eigenvalue weighted by atomic mass is 16.2. The molecular formula is C20H21N5O. The van der Waals surface area contributed by atoms with Gasteiger partial charge in [0.15, 0.2) is 0 Å². The molecule has 0 spiro atoms. The molecule has 1 amide bonds. The van der Waals surface area contributed by atoms with Gasteiger partial charge in [0.25, 0.3) is 0 Å². The Labute approximate surface area is 152 Å². The first kappa shape index (κ1) is 16.5. The van der Waals surface area contributed by atoms with E-state index in [1.165, 1.54) is 0 Å². The Morgan fingerprint density at radius 1 is 1.23 bits per heavy atom. The van der Waals surface area contributed by atoms with Gasteiger partial charge in [0.05, 0.1) is 24.0 Å². The Morgan fingerprint density at radius 3 is 2.85 bits per heavy atom. The van der Waals surface area contributed by atoms with Crippen LogP contribution in [0.1, 0.15) is 17.0 Å². The van der Waals surface area contributed by atoms with E-state index in [4.69, 9.17) is 5.73 Å². The van der Waals surface area contributed by atoms with E-state index in [2.05, 4.69) is 15.0 Å². The molecule has 0 saturated heterocycles. The maximum atomic E-state index is 12.7. The Morgan fingerprint density at radius 2 is 2.08 bits per heavy atom. The lowest BCUT2D eigenvalue weighted by Crippen LogP contribution is -2.46. The van der Waals surface area contributed by atoms with Crippen LogP contribution in [0.15, 0.2) is 54.9 Å². The van der Waals surface area contributed by atoms with E-state index in [1.807, 2.05) is 47.4 Å². The van der Waals surface area contributed by atoms with E-state index >= 15 is 0 Å². The third kappa shape index (κ3) is 3.36. The van der Waals surface area contributed by atoms with E-state index in [-0.39, 0.29) is 5.91 Å². The van der Waals surface area contributed by atoms with Crippen molar-refractivity contribution in [2.24, 2.45) is 5.73 Å². The molecule has 6 nitrogen and oxygen atoms in total. The molecule has 0 radical (unpaired) electrons. The van der Waals surface area contributed by atoms with E-state index in [0.29, 0.717) is 19.5 Å². The van der Waals surface area contributed by atoms with Gasteiger partial charge in [-0.3, -0.25) is 9.78 Å². The average molecular weight is 347 g/mol. The SMILES string of the molecule is N[C@@H](Cc1ccccc1)C(=O)N1CCc2nc(-c3cccnc3)[nH]c2C1. The van der Waals surface area contributed by atoms with Crippen LogP contribution in [0.4, 0.5) is 0 Å². The molecule has 3 heterocycles. The third-order valence-electron chi connectivity index (χ3n) is 4.69. The van der Waals surface area contributed by atoms with Crippen LogP contribution in [0.3, 0.4) is 0 Å². The summed E-state index contributed by atoms with van der Waals surface area (Å²) in [5.41, 5.74) is 10.2. The lowest BCUT2D eigenvalue weighted by Gasteiger charge is -2.28. The van der Waals surface area contributed by atoms with Crippen molar-refractivity contribution in [2.45, 2.75) is 25.4 Å². The van der Waals surface area contributed by atoms with Gasteiger partial charge in [-0.05, 0) is 24.1 Å². The molecular weight excluding hydrogens is 326 g/mol. The Hall–Kier alpha value is -2.99.